The van der Waals surface area contributed by atoms with Crippen LogP contribution in [0.5, 0.6) is 0 Å². The fourth-order valence-electron chi connectivity index (χ4n) is 2.90. The van der Waals surface area contributed by atoms with Crippen LogP contribution < -0.4 is 0 Å². The maximum atomic E-state index is 13.0. The molecule has 1 aliphatic rings. The quantitative estimate of drug-likeness (QED) is 0.451. The van der Waals surface area contributed by atoms with E-state index in [-0.39, 0.29) is 0 Å². The van der Waals surface area contributed by atoms with Crippen molar-refractivity contribution in [3.05, 3.63) is 58.1 Å². The van der Waals surface area contributed by atoms with Crippen molar-refractivity contribution < 1.29 is 13.2 Å². The van der Waals surface area contributed by atoms with Crippen LogP contribution in [0.1, 0.15) is 16.7 Å². The zero-order valence-corrected chi connectivity index (χ0v) is 14.1. The summed E-state index contributed by atoms with van der Waals surface area (Å²) in [5.41, 5.74) is 3.43. The van der Waals surface area contributed by atoms with Gasteiger partial charge in [0.05, 0.1) is 21.8 Å². The Bertz CT molecular complexity index is 982. The molecule has 1 aromatic heterocycles. The van der Waals surface area contributed by atoms with Crippen LogP contribution >= 0.6 is 23.4 Å². The number of rotatable bonds is 0. The minimum absolute atomic E-state index is 0.349. The van der Waals surface area contributed by atoms with E-state index in [0.29, 0.717) is 21.7 Å². The van der Waals surface area contributed by atoms with E-state index in [1.807, 2.05) is 25.1 Å². The van der Waals surface area contributed by atoms with E-state index >= 15 is 0 Å². The number of aromatic nitrogens is 1. The van der Waals surface area contributed by atoms with Crippen LogP contribution in [0.2, 0.25) is 5.02 Å². The summed E-state index contributed by atoms with van der Waals surface area (Å²) < 4.78 is 38.9. The number of fused-ring (bicyclic) bond motifs is 4. The van der Waals surface area contributed by atoms with E-state index in [1.165, 1.54) is 6.07 Å². The van der Waals surface area contributed by atoms with Crippen molar-refractivity contribution in [2.75, 3.05) is 0 Å². The van der Waals surface area contributed by atoms with Crippen molar-refractivity contribution in [1.82, 2.24) is 4.98 Å². The van der Waals surface area contributed by atoms with E-state index in [4.69, 9.17) is 11.6 Å². The smallest absolute Gasteiger partial charge is 0.247 e. The predicted molar refractivity (Wildman–Crippen MR) is 91.5 cm³/mol. The van der Waals surface area contributed by atoms with Crippen LogP contribution in [-0.2, 0) is 11.9 Å². The molecule has 0 aliphatic carbocycles. The first-order valence-electron chi connectivity index (χ1n) is 7.28. The molecule has 24 heavy (non-hydrogen) atoms. The first kappa shape index (κ1) is 15.8. The minimum atomic E-state index is -4.40. The Labute approximate surface area is 145 Å². The summed E-state index contributed by atoms with van der Waals surface area (Å²) in [7, 11) is 0. The molecule has 0 N–H and O–H groups in total. The standard InChI is InChI=1S/C18H11ClF3NS/c1-9-2-5-15-12(6-9)17-13(8-24-15)16(19)11-7-10(18(20,21)22)3-4-14(11)23-17/h2-7H,8H2,1H3. The van der Waals surface area contributed by atoms with E-state index in [9.17, 15) is 13.2 Å². The Morgan fingerprint density at radius 1 is 1.12 bits per heavy atom. The summed E-state index contributed by atoms with van der Waals surface area (Å²) >= 11 is 8.09. The normalized spacial score (nSPS) is 13.7. The van der Waals surface area contributed by atoms with Gasteiger partial charge in [-0.15, -0.1) is 11.8 Å². The second kappa shape index (κ2) is 5.39. The van der Waals surface area contributed by atoms with Gasteiger partial charge in [0.1, 0.15) is 0 Å². The molecule has 2 aromatic carbocycles. The lowest BCUT2D eigenvalue weighted by molar-refractivity contribution is -0.137. The number of hydrogen-bond acceptors (Lipinski definition) is 2. The highest BCUT2D eigenvalue weighted by Gasteiger charge is 2.31. The third-order valence-corrected chi connectivity index (χ3v) is 5.64. The SMILES string of the molecule is Cc1ccc2c(c1)-c1nc3ccc(C(F)(F)F)cc3c(Cl)c1CS2. The summed E-state index contributed by atoms with van der Waals surface area (Å²) in [6.07, 6.45) is -4.40. The fraction of sp³-hybridized carbons (Fsp3) is 0.167. The molecule has 0 spiro atoms. The number of thioether (sulfide) groups is 1. The van der Waals surface area contributed by atoms with Gasteiger partial charge in [-0.3, -0.25) is 0 Å². The van der Waals surface area contributed by atoms with Gasteiger partial charge in [-0.05, 0) is 37.3 Å². The summed E-state index contributed by atoms with van der Waals surface area (Å²) in [5.74, 6) is 0.601. The number of nitrogens with zero attached hydrogens (tertiary/aromatic N) is 1. The Hall–Kier alpha value is -1.72. The molecule has 0 radical (unpaired) electrons. The van der Waals surface area contributed by atoms with Gasteiger partial charge in [-0.1, -0.05) is 23.2 Å². The number of alkyl halides is 3. The molecule has 122 valence electrons. The maximum Gasteiger partial charge on any atom is 0.416 e. The first-order valence-corrected chi connectivity index (χ1v) is 8.64. The van der Waals surface area contributed by atoms with Gasteiger partial charge >= 0.3 is 6.18 Å². The van der Waals surface area contributed by atoms with Crippen LogP contribution in [-0.4, -0.2) is 4.98 Å². The summed E-state index contributed by atoms with van der Waals surface area (Å²) in [6.45, 7) is 2.00. The highest BCUT2D eigenvalue weighted by molar-refractivity contribution is 7.98. The molecule has 2 heterocycles. The van der Waals surface area contributed by atoms with Gasteiger partial charge in [0, 0.05) is 27.2 Å². The second-order valence-electron chi connectivity index (χ2n) is 5.77. The molecule has 0 saturated heterocycles. The molecular formula is C18H11ClF3NS. The van der Waals surface area contributed by atoms with E-state index in [0.717, 1.165) is 39.4 Å². The van der Waals surface area contributed by atoms with Crippen LogP contribution in [0.4, 0.5) is 13.2 Å². The number of benzene rings is 2. The highest BCUT2D eigenvalue weighted by Crippen LogP contribution is 2.45. The van der Waals surface area contributed by atoms with E-state index < -0.39 is 11.7 Å². The average molecular weight is 366 g/mol. The number of hydrogen-bond donors (Lipinski definition) is 0. The van der Waals surface area contributed by atoms with E-state index in [2.05, 4.69) is 4.98 Å². The van der Waals surface area contributed by atoms with Crippen molar-refractivity contribution in [2.45, 2.75) is 23.7 Å². The predicted octanol–water partition coefficient (Wildman–Crippen LogP) is 6.49. The van der Waals surface area contributed by atoms with Crippen molar-refractivity contribution in [2.24, 2.45) is 0 Å². The number of aryl methyl sites for hydroxylation is 1. The molecule has 3 aromatic rings. The lowest BCUT2D eigenvalue weighted by atomic mass is 10.0. The van der Waals surface area contributed by atoms with Crippen LogP contribution in [0.15, 0.2) is 41.3 Å². The lowest BCUT2D eigenvalue weighted by Crippen LogP contribution is -2.06. The molecule has 0 amide bonds. The largest absolute Gasteiger partial charge is 0.416 e. The molecule has 0 unspecified atom stereocenters. The van der Waals surface area contributed by atoms with E-state index in [1.54, 1.807) is 11.8 Å². The Morgan fingerprint density at radius 3 is 2.67 bits per heavy atom. The van der Waals surface area contributed by atoms with Gasteiger partial charge < -0.3 is 0 Å². The lowest BCUT2D eigenvalue weighted by Gasteiger charge is -2.21. The Morgan fingerprint density at radius 2 is 1.92 bits per heavy atom. The van der Waals surface area contributed by atoms with Gasteiger partial charge in [0.2, 0.25) is 0 Å². The van der Waals surface area contributed by atoms with Crippen molar-refractivity contribution >= 4 is 34.3 Å². The van der Waals surface area contributed by atoms with Gasteiger partial charge in [-0.2, -0.15) is 13.2 Å². The van der Waals surface area contributed by atoms with Crippen LogP contribution in [0.3, 0.4) is 0 Å². The summed E-state index contributed by atoms with van der Waals surface area (Å²) in [4.78, 5) is 5.73. The Balaban J connectivity index is 2.00. The monoisotopic (exact) mass is 365 g/mol. The number of halogens is 4. The second-order valence-corrected chi connectivity index (χ2v) is 7.17. The zero-order chi connectivity index (χ0) is 17.1. The zero-order valence-electron chi connectivity index (χ0n) is 12.5. The fourth-order valence-corrected chi connectivity index (χ4v) is 4.34. The van der Waals surface area contributed by atoms with Gasteiger partial charge in [0.15, 0.2) is 0 Å². The number of pyridine rings is 1. The summed E-state index contributed by atoms with van der Waals surface area (Å²) in [5, 5.41) is 0.711. The molecular weight excluding hydrogens is 355 g/mol. The molecule has 0 bridgehead atoms. The van der Waals surface area contributed by atoms with Crippen molar-refractivity contribution in [3.63, 3.8) is 0 Å². The van der Waals surface area contributed by atoms with Crippen molar-refractivity contribution in [1.29, 1.82) is 0 Å². The van der Waals surface area contributed by atoms with Gasteiger partial charge in [-0.25, -0.2) is 4.98 Å². The summed E-state index contributed by atoms with van der Waals surface area (Å²) in [6, 6.07) is 9.65. The molecule has 1 nitrogen and oxygen atoms in total. The molecule has 0 saturated carbocycles. The molecule has 0 atom stereocenters. The highest BCUT2D eigenvalue weighted by atomic mass is 35.5. The van der Waals surface area contributed by atoms with Crippen LogP contribution in [0, 0.1) is 6.92 Å². The third kappa shape index (κ3) is 2.47. The van der Waals surface area contributed by atoms with Gasteiger partial charge in [0.25, 0.3) is 0 Å². The topological polar surface area (TPSA) is 12.9 Å². The Kier molecular flexibility index (Phi) is 3.55. The van der Waals surface area contributed by atoms with Crippen molar-refractivity contribution in [3.8, 4) is 11.3 Å². The molecule has 1 aliphatic heterocycles. The average Bonchev–Trinajstić information content (AvgIpc) is 2.54. The molecule has 6 heteroatoms. The minimum Gasteiger partial charge on any atom is -0.247 e. The third-order valence-electron chi connectivity index (χ3n) is 4.11. The first-order chi connectivity index (χ1) is 11.3. The molecule has 0 fully saturated rings. The van der Waals surface area contributed by atoms with Crippen LogP contribution in [0.25, 0.3) is 22.2 Å². The maximum absolute atomic E-state index is 13.0. The molecule has 4 rings (SSSR count).